The third kappa shape index (κ3) is 5.05. The van der Waals surface area contributed by atoms with E-state index in [1.165, 1.54) is 5.56 Å². The van der Waals surface area contributed by atoms with Crippen molar-refractivity contribution in [2.24, 2.45) is 5.92 Å². The van der Waals surface area contributed by atoms with Crippen LogP contribution in [0.25, 0.3) is 0 Å². The SMILES string of the molecule is COc1ccc(OCC2CN(C)CCC2c2ccc(OC)cc2)cc1.Cl. The summed E-state index contributed by atoms with van der Waals surface area (Å²) < 4.78 is 16.6. The van der Waals surface area contributed by atoms with E-state index in [-0.39, 0.29) is 12.4 Å². The van der Waals surface area contributed by atoms with Crippen LogP contribution in [0.4, 0.5) is 0 Å². The molecule has 2 unspecified atom stereocenters. The van der Waals surface area contributed by atoms with E-state index >= 15 is 0 Å². The van der Waals surface area contributed by atoms with Gasteiger partial charge in [-0.2, -0.15) is 0 Å². The molecule has 0 aliphatic carbocycles. The second-order valence-electron chi connectivity index (χ2n) is 6.68. The van der Waals surface area contributed by atoms with Gasteiger partial charge in [0.05, 0.1) is 20.8 Å². The largest absolute Gasteiger partial charge is 0.497 e. The molecule has 0 N–H and O–H groups in total. The van der Waals surface area contributed by atoms with Crippen molar-refractivity contribution in [2.45, 2.75) is 12.3 Å². The number of piperidine rings is 1. The lowest BCUT2D eigenvalue weighted by Crippen LogP contribution is -2.39. The van der Waals surface area contributed by atoms with Crippen LogP contribution in [-0.2, 0) is 0 Å². The van der Waals surface area contributed by atoms with E-state index < -0.39 is 0 Å². The zero-order valence-electron chi connectivity index (χ0n) is 15.7. The molecule has 2 aromatic rings. The highest BCUT2D eigenvalue weighted by Gasteiger charge is 2.29. The maximum absolute atomic E-state index is 6.08. The van der Waals surface area contributed by atoms with Crippen LogP contribution in [0.3, 0.4) is 0 Å². The summed E-state index contributed by atoms with van der Waals surface area (Å²) in [5.74, 6) is 3.63. The summed E-state index contributed by atoms with van der Waals surface area (Å²) in [6, 6.07) is 16.3. The van der Waals surface area contributed by atoms with Crippen molar-refractivity contribution in [2.75, 3.05) is 41.0 Å². The number of rotatable bonds is 6. The third-order valence-electron chi connectivity index (χ3n) is 5.00. The number of halogens is 1. The highest BCUT2D eigenvalue weighted by atomic mass is 35.5. The van der Waals surface area contributed by atoms with Crippen molar-refractivity contribution in [1.29, 1.82) is 0 Å². The summed E-state index contributed by atoms with van der Waals surface area (Å²) in [6.07, 6.45) is 1.15. The molecule has 0 radical (unpaired) electrons. The van der Waals surface area contributed by atoms with E-state index in [9.17, 15) is 0 Å². The molecule has 1 fully saturated rings. The number of benzene rings is 2. The summed E-state index contributed by atoms with van der Waals surface area (Å²) in [4.78, 5) is 2.39. The summed E-state index contributed by atoms with van der Waals surface area (Å²) in [6.45, 7) is 2.88. The Morgan fingerprint density at radius 3 is 2.00 bits per heavy atom. The minimum Gasteiger partial charge on any atom is -0.497 e. The second kappa shape index (κ2) is 9.70. The third-order valence-corrected chi connectivity index (χ3v) is 5.00. The summed E-state index contributed by atoms with van der Waals surface area (Å²) in [7, 11) is 5.56. The van der Waals surface area contributed by atoms with Gasteiger partial charge in [-0.05, 0) is 67.9 Å². The van der Waals surface area contributed by atoms with Gasteiger partial charge in [-0.3, -0.25) is 0 Å². The fraction of sp³-hybridized carbons (Fsp3) is 0.429. The average Bonchev–Trinajstić information content (AvgIpc) is 2.67. The van der Waals surface area contributed by atoms with Crippen molar-refractivity contribution < 1.29 is 14.2 Å². The van der Waals surface area contributed by atoms with Crippen molar-refractivity contribution in [3.8, 4) is 17.2 Å². The highest BCUT2D eigenvalue weighted by Crippen LogP contribution is 2.34. The molecule has 0 aromatic heterocycles. The Kier molecular flexibility index (Phi) is 7.61. The maximum Gasteiger partial charge on any atom is 0.119 e. The molecule has 1 saturated heterocycles. The van der Waals surface area contributed by atoms with Gasteiger partial charge in [-0.15, -0.1) is 12.4 Å². The van der Waals surface area contributed by atoms with Gasteiger partial charge in [0.15, 0.2) is 0 Å². The van der Waals surface area contributed by atoms with Gasteiger partial charge in [0, 0.05) is 12.5 Å². The Bertz CT molecular complexity index is 660. The Labute approximate surface area is 162 Å². The van der Waals surface area contributed by atoms with Crippen LogP contribution in [0.2, 0.25) is 0 Å². The van der Waals surface area contributed by atoms with Crippen LogP contribution in [0, 0.1) is 5.92 Å². The monoisotopic (exact) mass is 377 g/mol. The molecule has 0 saturated carbocycles. The van der Waals surface area contributed by atoms with E-state index in [0.29, 0.717) is 18.4 Å². The van der Waals surface area contributed by atoms with Crippen LogP contribution < -0.4 is 14.2 Å². The molecule has 26 heavy (non-hydrogen) atoms. The van der Waals surface area contributed by atoms with Crippen LogP contribution in [-0.4, -0.2) is 45.9 Å². The number of hydrogen-bond acceptors (Lipinski definition) is 4. The van der Waals surface area contributed by atoms with E-state index in [1.54, 1.807) is 14.2 Å². The number of ether oxygens (including phenoxy) is 3. The lowest BCUT2D eigenvalue weighted by molar-refractivity contribution is 0.129. The minimum atomic E-state index is 0. The first-order chi connectivity index (χ1) is 12.2. The molecule has 1 heterocycles. The Morgan fingerprint density at radius 1 is 0.885 bits per heavy atom. The lowest BCUT2D eigenvalue weighted by atomic mass is 9.81. The van der Waals surface area contributed by atoms with Crippen molar-refractivity contribution in [3.05, 3.63) is 54.1 Å². The number of methoxy groups -OCH3 is 2. The summed E-state index contributed by atoms with van der Waals surface area (Å²) >= 11 is 0. The zero-order valence-corrected chi connectivity index (χ0v) is 16.5. The first-order valence-corrected chi connectivity index (χ1v) is 8.79. The fourth-order valence-electron chi connectivity index (χ4n) is 3.55. The number of hydrogen-bond donors (Lipinski definition) is 0. The van der Waals surface area contributed by atoms with Crippen LogP contribution in [0.15, 0.2) is 48.5 Å². The van der Waals surface area contributed by atoms with E-state index in [0.717, 1.165) is 36.8 Å². The molecule has 0 bridgehead atoms. The highest BCUT2D eigenvalue weighted by molar-refractivity contribution is 5.85. The average molecular weight is 378 g/mol. The molecular formula is C21H28ClNO3. The van der Waals surface area contributed by atoms with E-state index in [1.807, 2.05) is 24.3 Å². The van der Waals surface area contributed by atoms with Gasteiger partial charge < -0.3 is 19.1 Å². The maximum atomic E-state index is 6.08. The Balaban J connectivity index is 0.00000243. The fourth-order valence-corrected chi connectivity index (χ4v) is 3.55. The molecule has 4 nitrogen and oxygen atoms in total. The van der Waals surface area contributed by atoms with Crippen molar-refractivity contribution >= 4 is 12.4 Å². The van der Waals surface area contributed by atoms with Crippen LogP contribution in [0.5, 0.6) is 17.2 Å². The van der Waals surface area contributed by atoms with E-state index in [4.69, 9.17) is 14.2 Å². The molecule has 1 aliphatic heterocycles. The van der Waals surface area contributed by atoms with Gasteiger partial charge in [0.2, 0.25) is 0 Å². The molecule has 1 aliphatic rings. The summed E-state index contributed by atoms with van der Waals surface area (Å²) in [5.41, 5.74) is 1.37. The zero-order chi connectivity index (χ0) is 17.6. The molecule has 3 rings (SSSR count). The molecule has 0 spiro atoms. The summed E-state index contributed by atoms with van der Waals surface area (Å²) in [5, 5.41) is 0. The molecule has 2 aromatic carbocycles. The number of nitrogens with zero attached hydrogens (tertiary/aromatic N) is 1. The van der Waals surface area contributed by atoms with Gasteiger partial charge in [0.1, 0.15) is 17.2 Å². The Hall–Kier alpha value is -1.91. The number of likely N-dealkylation sites (tertiary alicyclic amines) is 1. The Morgan fingerprint density at radius 2 is 1.42 bits per heavy atom. The standard InChI is InChI=1S/C21H27NO3.ClH/c1-22-13-12-21(16-4-6-18(23-2)7-5-16)17(14-22)15-25-20-10-8-19(24-3)9-11-20;/h4-11,17,21H,12-15H2,1-3H3;1H. The minimum absolute atomic E-state index is 0. The predicted molar refractivity (Wildman–Crippen MR) is 107 cm³/mol. The quantitative estimate of drug-likeness (QED) is 0.753. The lowest BCUT2D eigenvalue weighted by Gasteiger charge is -2.37. The van der Waals surface area contributed by atoms with Gasteiger partial charge in [-0.25, -0.2) is 0 Å². The molecule has 2 atom stereocenters. The topological polar surface area (TPSA) is 30.9 Å². The first kappa shape index (κ1) is 20.4. The first-order valence-electron chi connectivity index (χ1n) is 8.79. The molecule has 5 heteroatoms. The van der Waals surface area contributed by atoms with E-state index in [2.05, 4.69) is 36.2 Å². The smallest absolute Gasteiger partial charge is 0.119 e. The van der Waals surface area contributed by atoms with Crippen LogP contribution in [0.1, 0.15) is 17.9 Å². The normalized spacial score (nSPS) is 20.1. The van der Waals surface area contributed by atoms with Crippen molar-refractivity contribution in [1.82, 2.24) is 4.90 Å². The molecule has 142 valence electrons. The second-order valence-corrected chi connectivity index (χ2v) is 6.68. The van der Waals surface area contributed by atoms with Gasteiger partial charge in [-0.1, -0.05) is 12.1 Å². The molecule has 0 amide bonds. The van der Waals surface area contributed by atoms with Gasteiger partial charge >= 0.3 is 0 Å². The van der Waals surface area contributed by atoms with Gasteiger partial charge in [0.25, 0.3) is 0 Å². The van der Waals surface area contributed by atoms with Crippen molar-refractivity contribution in [3.63, 3.8) is 0 Å². The predicted octanol–water partition coefficient (Wildman–Crippen LogP) is 4.24. The molecular weight excluding hydrogens is 350 g/mol. The van der Waals surface area contributed by atoms with Crippen LogP contribution >= 0.6 is 12.4 Å².